The van der Waals surface area contributed by atoms with Crippen molar-refractivity contribution in [2.45, 2.75) is 19.8 Å². The van der Waals surface area contributed by atoms with Crippen LogP contribution in [0.15, 0.2) is 0 Å². The Bertz CT molecular complexity index is 229. The van der Waals surface area contributed by atoms with Crippen LogP contribution in [0.5, 0.6) is 0 Å². The molecule has 0 aliphatic carbocycles. The van der Waals surface area contributed by atoms with Gasteiger partial charge in [-0.05, 0) is 0 Å². The molecule has 0 heterocycles. The predicted octanol–water partition coefficient (Wildman–Crippen LogP) is -0.111. The molecule has 0 saturated heterocycles. The molecule has 7 nitrogen and oxygen atoms in total. The van der Waals surface area contributed by atoms with Crippen molar-refractivity contribution in [2.24, 2.45) is 0 Å². The van der Waals surface area contributed by atoms with Crippen LogP contribution in [0.2, 0.25) is 0 Å². The number of urea groups is 1. The van der Waals surface area contributed by atoms with Crippen LogP contribution >= 0.6 is 0 Å². The molecule has 7 heteroatoms. The quantitative estimate of drug-likeness (QED) is 0.369. The highest BCUT2D eigenvalue weighted by atomic mass is 16.6. The van der Waals surface area contributed by atoms with Crippen molar-refractivity contribution in [3.8, 4) is 0 Å². The van der Waals surface area contributed by atoms with Gasteiger partial charge in [-0.1, -0.05) is 6.92 Å². The fourth-order valence-electron chi connectivity index (χ4n) is 0.669. The van der Waals surface area contributed by atoms with E-state index >= 15 is 0 Å². The average molecular weight is 203 g/mol. The van der Waals surface area contributed by atoms with Gasteiger partial charge >= 0.3 is 6.03 Å². The number of nitrogens with one attached hydrogen (secondary N) is 2. The Hall–Kier alpha value is -1.66. The van der Waals surface area contributed by atoms with E-state index in [1.54, 1.807) is 6.92 Å². The van der Waals surface area contributed by atoms with Crippen molar-refractivity contribution in [2.75, 3.05) is 13.1 Å². The molecule has 0 aromatic rings. The van der Waals surface area contributed by atoms with E-state index in [0.717, 1.165) is 0 Å². The Morgan fingerprint density at radius 1 is 1.43 bits per heavy atom. The molecule has 80 valence electrons. The summed E-state index contributed by atoms with van der Waals surface area (Å²) in [5, 5.41) is 14.3. The maximum absolute atomic E-state index is 10.8. The Balaban J connectivity index is 3.45. The summed E-state index contributed by atoms with van der Waals surface area (Å²) in [6, 6.07) is -0.611. The summed E-state index contributed by atoms with van der Waals surface area (Å²) in [7, 11) is 0. The first kappa shape index (κ1) is 12.3. The van der Waals surface area contributed by atoms with E-state index in [1.165, 1.54) is 0 Å². The molecule has 0 aliphatic heterocycles. The molecule has 0 bridgehead atoms. The standard InChI is InChI=1S/C7H13N3O4/c1-2-6(11)9-7(12)8-4-3-5-10(13)14/h2-5H2,1H3,(H2,8,9,11,12). The summed E-state index contributed by atoms with van der Waals surface area (Å²) < 4.78 is 0. The Morgan fingerprint density at radius 3 is 2.57 bits per heavy atom. The number of imide groups is 1. The number of hydrogen-bond donors (Lipinski definition) is 2. The minimum Gasteiger partial charge on any atom is -0.338 e. The van der Waals surface area contributed by atoms with Gasteiger partial charge in [0.15, 0.2) is 0 Å². The molecule has 0 saturated carbocycles. The normalized spacial score (nSPS) is 9.21. The summed E-state index contributed by atoms with van der Waals surface area (Å²) in [5.74, 6) is -0.378. The van der Waals surface area contributed by atoms with E-state index < -0.39 is 11.0 Å². The highest BCUT2D eigenvalue weighted by Gasteiger charge is 2.04. The van der Waals surface area contributed by atoms with Crippen LogP contribution < -0.4 is 10.6 Å². The fraction of sp³-hybridized carbons (Fsp3) is 0.714. The number of nitrogens with zero attached hydrogens (tertiary/aromatic N) is 1. The maximum atomic E-state index is 10.8. The summed E-state index contributed by atoms with van der Waals surface area (Å²) in [6.07, 6.45) is 0.475. The van der Waals surface area contributed by atoms with Gasteiger partial charge in [-0.3, -0.25) is 20.2 Å². The van der Waals surface area contributed by atoms with Crippen molar-refractivity contribution in [3.05, 3.63) is 10.1 Å². The molecule has 3 amide bonds. The summed E-state index contributed by atoms with van der Waals surface area (Å²) in [4.78, 5) is 31.0. The Kier molecular flexibility index (Phi) is 6.01. The maximum Gasteiger partial charge on any atom is 0.321 e. The van der Waals surface area contributed by atoms with Gasteiger partial charge in [-0.25, -0.2) is 4.79 Å². The largest absolute Gasteiger partial charge is 0.338 e. The topological polar surface area (TPSA) is 101 Å². The molecule has 0 aliphatic rings. The van der Waals surface area contributed by atoms with Gasteiger partial charge in [-0.15, -0.1) is 0 Å². The van der Waals surface area contributed by atoms with E-state index in [-0.39, 0.29) is 31.8 Å². The molecule has 0 atom stereocenters. The van der Waals surface area contributed by atoms with Crippen molar-refractivity contribution in [1.29, 1.82) is 0 Å². The summed E-state index contributed by atoms with van der Waals surface area (Å²) >= 11 is 0. The lowest BCUT2D eigenvalue weighted by Crippen LogP contribution is -2.39. The number of carbonyl (C=O) groups is 2. The van der Waals surface area contributed by atoms with E-state index in [2.05, 4.69) is 10.6 Å². The van der Waals surface area contributed by atoms with Gasteiger partial charge in [0.25, 0.3) is 0 Å². The van der Waals surface area contributed by atoms with E-state index in [9.17, 15) is 19.7 Å². The lowest BCUT2D eigenvalue weighted by atomic mass is 10.4. The molecule has 0 rings (SSSR count). The number of carbonyl (C=O) groups excluding carboxylic acids is 2. The molecule has 2 N–H and O–H groups in total. The second-order valence-corrected chi connectivity index (χ2v) is 2.57. The first-order chi connectivity index (χ1) is 6.56. The highest BCUT2D eigenvalue weighted by Crippen LogP contribution is 1.79. The van der Waals surface area contributed by atoms with Gasteiger partial charge in [-0.2, -0.15) is 0 Å². The average Bonchev–Trinajstić information content (AvgIpc) is 2.12. The lowest BCUT2D eigenvalue weighted by Gasteiger charge is -2.03. The third-order valence-electron chi connectivity index (χ3n) is 1.38. The zero-order valence-electron chi connectivity index (χ0n) is 7.91. The van der Waals surface area contributed by atoms with Gasteiger partial charge in [0, 0.05) is 24.3 Å². The minimum atomic E-state index is -0.611. The first-order valence-electron chi connectivity index (χ1n) is 4.25. The molecule has 0 unspecified atom stereocenters. The van der Waals surface area contributed by atoms with Crippen molar-refractivity contribution in [1.82, 2.24) is 10.6 Å². The van der Waals surface area contributed by atoms with Crippen LogP contribution in [0.25, 0.3) is 0 Å². The molecular weight excluding hydrogens is 190 g/mol. The Morgan fingerprint density at radius 2 is 2.07 bits per heavy atom. The lowest BCUT2D eigenvalue weighted by molar-refractivity contribution is -0.480. The zero-order chi connectivity index (χ0) is 11.0. The molecule has 0 spiro atoms. The molecule has 0 aromatic heterocycles. The first-order valence-corrected chi connectivity index (χ1v) is 4.25. The fourth-order valence-corrected chi connectivity index (χ4v) is 0.669. The van der Waals surface area contributed by atoms with Crippen LogP contribution in [0.1, 0.15) is 19.8 Å². The van der Waals surface area contributed by atoms with Crippen LogP contribution in [0, 0.1) is 10.1 Å². The third-order valence-corrected chi connectivity index (χ3v) is 1.38. The van der Waals surface area contributed by atoms with Crippen LogP contribution in [-0.4, -0.2) is 30.0 Å². The molecule has 0 fully saturated rings. The van der Waals surface area contributed by atoms with Gasteiger partial charge < -0.3 is 5.32 Å². The smallest absolute Gasteiger partial charge is 0.321 e. The molecule has 0 aromatic carbocycles. The van der Waals surface area contributed by atoms with E-state index in [1.807, 2.05) is 0 Å². The van der Waals surface area contributed by atoms with Gasteiger partial charge in [0.05, 0.1) is 0 Å². The summed E-state index contributed by atoms with van der Waals surface area (Å²) in [5.41, 5.74) is 0. The molecular formula is C7H13N3O4. The monoisotopic (exact) mass is 203 g/mol. The minimum absolute atomic E-state index is 0.184. The van der Waals surface area contributed by atoms with Crippen LogP contribution in [0.3, 0.4) is 0 Å². The zero-order valence-corrected chi connectivity index (χ0v) is 7.91. The van der Waals surface area contributed by atoms with Gasteiger partial charge in [0.2, 0.25) is 12.5 Å². The molecule has 0 radical (unpaired) electrons. The molecule has 14 heavy (non-hydrogen) atoms. The highest BCUT2D eigenvalue weighted by molar-refractivity contribution is 5.94. The number of rotatable bonds is 5. The predicted molar refractivity (Wildman–Crippen MR) is 48.3 cm³/mol. The second kappa shape index (κ2) is 6.81. The second-order valence-electron chi connectivity index (χ2n) is 2.57. The van der Waals surface area contributed by atoms with Crippen molar-refractivity contribution in [3.63, 3.8) is 0 Å². The Labute approximate surface area is 81.0 Å². The number of nitro groups is 1. The van der Waals surface area contributed by atoms with E-state index in [4.69, 9.17) is 0 Å². The van der Waals surface area contributed by atoms with Crippen LogP contribution in [-0.2, 0) is 4.79 Å². The SMILES string of the molecule is CCC(=O)NC(=O)NCCC[N+](=O)[O-]. The van der Waals surface area contributed by atoms with Crippen molar-refractivity contribution < 1.29 is 14.5 Å². The summed E-state index contributed by atoms with van der Waals surface area (Å²) in [6.45, 7) is 1.61. The van der Waals surface area contributed by atoms with Crippen molar-refractivity contribution >= 4 is 11.9 Å². The number of hydrogen-bond acceptors (Lipinski definition) is 4. The van der Waals surface area contributed by atoms with E-state index in [0.29, 0.717) is 0 Å². The third kappa shape index (κ3) is 7.01. The number of amides is 3. The van der Waals surface area contributed by atoms with Crippen LogP contribution in [0.4, 0.5) is 4.79 Å². The van der Waals surface area contributed by atoms with Gasteiger partial charge in [0.1, 0.15) is 0 Å².